The predicted molar refractivity (Wildman–Crippen MR) is 98.8 cm³/mol. The van der Waals surface area contributed by atoms with E-state index < -0.39 is 0 Å². The van der Waals surface area contributed by atoms with Gasteiger partial charge in [-0.15, -0.1) is 0 Å². The van der Waals surface area contributed by atoms with E-state index in [1.54, 1.807) is 6.92 Å². The number of anilines is 1. The number of hydrogen-bond donors (Lipinski definition) is 2. The van der Waals surface area contributed by atoms with Gasteiger partial charge in [-0.05, 0) is 45.2 Å². The standard InChI is InChI=1S/C18H23N3O2S/c1-6-14-12(4)19-18(21-17(14)23)24-13(5)16(22)20-15-10(2)8-7-9-11(15)3/h7-9,13H,6H2,1-5H3,(H,20,22)(H,19,21,23)/t13-/m1/s1. The molecule has 0 aliphatic rings. The number of aromatic amines is 1. The maximum atomic E-state index is 12.5. The second-order valence-electron chi connectivity index (χ2n) is 5.80. The van der Waals surface area contributed by atoms with E-state index in [2.05, 4.69) is 15.3 Å². The summed E-state index contributed by atoms with van der Waals surface area (Å²) in [4.78, 5) is 31.6. The van der Waals surface area contributed by atoms with E-state index in [0.29, 0.717) is 22.8 Å². The van der Waals surface area contributed by atoms with E-state index in [-0.39, 0.29) is 16.7 Å². The average molecular weight is 345 g/mol. The molecule has 1 atom stereocenters. The molecule has 6 heteroatoms. The van der Waals surface area contributed by atoms with Crippen LogP contribution in [-0.4, -0.2) is 21.1 Å². The van der Waals surface area contributed by atoms with Gasteiger partial charge >= 0.3 is 0 Å². The predicted octanol–water partition coefficient (Wildman–Crippen LogP) is 3.38. The fourth-order valence-corrected chi connectivity index (χ4v) is 3.36. The van der Waals surface area contributed by atoms with Crippen LogP contribution in [0.15, 0.2) is 28.2 Å². The molecule has 0 aliphatic carbocycles. The molecule has 1 amide bonds. The first-order valence-corrected chi connectivity index (χ1v) is 8.85. The third-order valence-electron chi connectivity index (χ3n) is 3.94. The van der Waals surface area contributed by atoms with Gasteiger partial charge < -0.3 is 10.3 Å². The highest BCUT2D eigenvalue weighted by Crippen LogP contribution is 2.23. The molecule has 1 aromatic carbocycles. The van der Waals surface area contributed by atoms with E-state index in [9.17, 15) is 9.59 Å². The normalized spacial score (nSPS) is 12.0. The van der Waals surface area contributed by atoms with Crippen molar-refractivity contribution in [2.75, 3.05) is 5.32 Å². The van der Waals surface area contributed by atoms with Gasteiger partial charge in [-0.1, -0.05) is 36.9 Å². The molecule has 2 N–H and O–H groups in total. The van der Waals surface area contributed by atoms with E-state index in [4.69, 9.17) is 0 Å². The van der Waals surface area contributed by atoms with Crippen LogP contribution in [0, 0.1) is 20.8 Å². The molecule has 5 nitrogen and oxygen atoms in total. The van der Waals surface area contributed by atoms with Crippen molar-refractivity contribution >= 4 is 23.4 Å². The first kappa shape index (κ1) is 18.3. The minimum Gasteiger partial charge on any atom is -0.325 e. The number of nitrogens with one attached hydrogen (secondary N) is 2. The van der Waals surface area contributed by atoms with Gasteiger partial charge in [0.15, 0.2) is 5.16 Å². The summed E-state index contributed by atoms with van der Waals surface area (Å²) < 4.78 is 0. The molecular weight excluding hydrogens is 322 g/mol. The van der Waals surface area contributed by atoms with Crippen LogP contribution in [0.4, 0.5) is 5.69 Å². The lowest BCUT2D eigenvalue weighted by Gasteiger charge is -2.15. The van der Waals surface area contributed by atoms with Crippen LogP contribution in [0.2, 0.25) is 0 Å². The Bertz CT molecular complexity index is 794. The molecule has 2 rings (SSSR count). The summed E-state index contributed by atoms with van der Waals surface area (Å²) in [6.07, 6.45) is 0.641. The summed E-state index contributed by atoms with van der Waals surface area (Å²) in [5.41, 5.74) is 4.16. The molecule has 0 spiro atoms. The van der Waals surface area contributed by atoms with Crippen molar-refractivity contribution in [2.24, 2.45) is 0 Å². The van der Waals surface area contributed by atoms with Gasteiger partial charge in [-0.2, -0.15) is 0 Å². The second kappa shape index (κ2) is 7.66. The quantitative estimate of drug-likeness (QED) is 0.643. The van der Waals surface area contributed by atoms with Gasteiger partial charge in [-0.25, -0.2) is 4.98 Å². The van der Waals surface area contributed by atoms with Gasteiger partial charge in [-0.3, -0.25) is 9.59 Å². The maximum absolute atomic E-state index is 12.5. The largest absolute Gasteiger partial charge is 0.325 e. The summed E-state index contributed by atoms with van der Waals surface area (Å²) >= 11 is 1.25. The van der Waals surface area contributed by atoms with Gasteiger partial charge in [0.2, 0.25) is 5.91 Å². The topological polar surface area (TPSA) is 74.8 Å². The fourth-order valence-electron chi connectivity index (χ4n) is 2.51. The third-order valence-corrected chi connectivity index (χ3v) is 4.93. The molecule has 0 saturated heterocycles. The molecule has 128 valence electrons. The SMILES string of the molecule is CCc1c(C)nc(S[C@H](C)C(=O)Nc2c(C)cccc2C)[nH]c1=O. The van der Waals surface area contributed by atoms with Gasteiger partial charge in [0, 0.05) is 16.9 Å². The first-order valence-electron chi connectivity index (χ1n) is 7.97. The van der Waals surface area contributed by atoms with Crippen LogP contribution in [0.25, 0.3) is 0 Å². The monoisotopic (exact) mass is 345 g/mol. The number of H-pyrrole nitrogens is 1. The van der Waals surface area contributed by atoms with Crippen molar-refractivity contribution < 1.29 is 4.79 Å². The second-order valence-corrected chi connectivity index (χ2v) is 7.13. The van der Waals surface area contributed by atoms with Crippen LogP contribution < -0.4 is 10.9 Å². The van der Waals surface area contributed by atoms with Crippen molar-refractivity contribution in [3.8, 4) is 0 Å². The highest BCUT2D eigenvalue weighted by Gasteiger charge is 2.18. The zero-order chi connectivity index (χ0) is 17.9. The number of para-hydroxylation sites is 1. The Labute approximate surface area is 146 Å². The van der Waals surface area contributed by atoms with Crippen molar-refractivity contribution in [3.63, 3.8) is 0 Å². The summed E-state index contributed by atoms with van der Waals surface area (Å²) in [6.45, 7) is 9.47. The van der Waals surface area contributed by atoms with E-state index in [0.717, 1.165) is 16.8 Å². The van der Waals surface area contributed by atoms with Crippen molar-refractivity contribution in [1.82, 2.24) is 9.97 Å². The molecule has 0 aliphatic heterocycles. The van der Waals surface area contributed by atoms with E-state index in [1.165, 1.54) is 11.8 Å². The number of carbonyl (C=O) groups excluding carboxylic acids is 1. The van der Waals surface area contributed by atoms with Crippen molar-refractivity contribution in [2.45, 2.75) is 51.4 Å². The molecular formula is C18H23N3O2S. The number of nitrogens with zero attached hydrogens (tertiary/aromatic N) is 1. The van der Waals surface area contributed by atoms with Crippen LogP contribution in [0.3, 0.4) is 0 Å². The molecule has 1 heterocycles. The van der Waals surface area contributed by atoms with Crippen LogP contribution in [0.5, 0.6) is 0 Å². The fraction of sp³-hybridized carbons (Fsp3) is 0.389. The van der Waals surface area contributed by atoms with Crippen LogP contribution in [-0.2, 0) is 11.2 Å². The Kier molecular flexibility index (Phi) is 5.83. The Morgan fingerprint density at radius 3 is 2.46 bits per heavy atom. The number of carbonyl (C=O) groups is 1. The lowest BCUT2D eigenvalue weighted by Crippen LogP contribution is -2.24. The van der Waals surface area contributed by atoms with Crippen LogP contribution >= 0.6 is 11.8 Å². The molecule has 1 aromatic heterocycles. The van der Waals surface area contributed by atoms with Gasteiger partial charge in [0.25, 0.3) is 5.56 Å². The minimum absolute atomic E-state index is 0.114. The van der Waals surface area contributed by atoms with E-state index >= 15 is 0 Å². The van der Waals surface area contributed by atoms with E-state index in [1.807, 2.05) is 45.9 Å². The lowest BCUT2D eigenvalue weighted by molar-refractivity contribution is -0.115. The van der Waals surface area contributed by atoms with Gasteiger partial charge in [0.05, 0.1) is 5.25 Å². The lowest BCUT2D eigenvalue weighted by atomic mass is 10.1. The number of amides is 1. The average Bonchev–Trinajstić information content (AvgIpc) is 2.50. The summed E-state index contributed by atoms with van der Waals surface area (Å²) in [5.74, 6) is -0.114. The zero-order valence-electron chi connectivity index (χ0n) is 14.7. The molecule has 0 unspecified atom stereocenters. The number of thioether (sulfide) groups is 1. The highest BCUT2D eigenvalue weighted by molar-refractivity contribution is 8.00. The number of hydrogen-bond acceptors (Lipinski definition) is 4. The molecule has 0 bridgehead atoms. The highest BCUT2D eigenvalue weighted by atomic mass is 32.2. The number of aromatic nitrogens is 2. The molecule has 24 heavy (non-hydrogen) atoms. The Balaban J connectivity index is 2.14. The van der Waals surface area contributed by atoms with Crippen molar-refractivity contribution in [1.29, 1.82) is 0 Å². The summed E-state index contributed by atoms with van der Waals surface area (Å²) in [7, 11) is 0. The molecule has 2 aromatic rings. The number of benzene rings is 1. The van der Waals surface area contributed by atoms with Gasteiger partial charge in [0.1, 0.15) is 0 Å². The molecule has 0 saturated carbocycles. The Morgan fingerprint density at radius 1 is 1.29 bits per heavy atom. The number of aryl methyl sites for hydroxylation is 3. The van der Waals surface area contributed by atoms with Crippen LogP contribution in [0.1, 0.15) is 36.2 Å². The number of rotatable bonds is 5. The van der Waals surface area contributed by atoms with Crippen molar-refractivity contribution in [3.05, 3.63) is 50.9 Å². The Hall–Kier alpha value is -2.08. The summed E-state index contributed by atoms with van der Waals surface area (Å²) in [5, 5.41) is 3.07. The zero-order valence-corrected chi connectivity index (χ0v) is 15.5. The smallest absolute Gasteiger partial charge is 0.254 e. The Morgan fingerprint density at radius 2 is 1.92 bits per heavy atom. The first-order chi connectivity index (χ1) is 11.3. The molecule has 0 fully saturated rings. The third kappa shape index (κ3) is 4.06. The summed E-state index contributed by atoms with van der Waals surface area (Å²) in [6, 6.07) is 5.89. The minimum atomic E-state index is -0.376. The molecule has 0 radical (unpaired) electrons. The maximum Gasteiger partial charge on any atom is 0.254 e.